The molecule has 5 heteroatoms. The summed E-state index contributed by atoms with van der Waals surface area (Å²) in [7, 11) is 0. The second-order valence-corrected chi connectivity index (χ2v) is 7.48. The molecule has 3 atom stereocenters. The topological polar surface area (TPSA) is 68.9 Å². The van der Waals surface area contributed by atoms with E-state index in [2.05, 4.69) is 6.92 Å². The lowest BCUT2D eigenvalue weighted by atomic mass is 9.87. The number of hydrogen-bond acceptors (Lipinski definition) is 5. The van der Waals surface area contributed by atoms with Crippen LogP contribution in [0.4, 0.5) is 0 Å². The Bertz CT molecular complexity index is 852. The van der Waals surface area contributed by atoms with Crippen LogP contribution in [-0.2, 0) is 6.42 Å². The molecular weight excluding hydrogens is 332 g/mol. The van der Waals surface area contributed by atoms with E-state index in [1.54, 1.807) is 6.07 Å². The van der Waals surface area contributed by atoms with Gasteiger partial charge >= 0.3 is 5.63 Å². The monoisotopic (exact) mass is 360 g/mol. The summed E-state index contributed by atoms with van der Waals surface area (Å²) >= 11 is 0. The van der Waals surface area contributed by atoms with Crippen LogP contribution >= 0.6 is 0 Å². The lowest BCUT2D eigenvalue weighted by Gasteiger charge is -2.34. The number of rotatable bonds is 5. The first-order valence-electron chi connectivity index (χ1n) is 9.48. The SMILES string of the molecule is CCCCc1cc(=O)oc2c3c(cc(OC(C)C)c12)OC(C)C(C)C3O. The van der Waals surface area contributed by atoms with E-state index < -0.39 is 11.7 Å². The largest absolute Gasteiger partial charge is 0.490 e. The van der Waals surface area contributed by atoms with Crippen LogP contribution in [0.2, 0.25) is 0 Å². The van der Waals surface area contributed by atoms with Gasteiger partial charge in [0, 0.05) is 18.1 Å². The Morgan fingerprint density at radius 3 is 2.65 bits per heavy atom. The summed E-state index contributed by atoms with van der Waals surface area (Å²) in [5.74, 6) is 1.06. The van der Waals surface area contributed by atoms with Gasteiger partial charge < -0.3 is 19.0 Å². The zero-order valence-corrected chi connectivity index (χ0v) is 16.2. The van der Waals surface area contributed by atoms with E-state index in [-0.39, 0.29) is 18.1 Å². The Kier molecular flexibility index (Phi) is 5.28. The summed E-state index contributed by atoms with van der Waals surface area (Å²) in [5.41, 5.74) is 1.43. The molecule has 0 bridgehead atoms. The molecule has 0 saturated heterocycles. The van der Waals surface area contributed by atoms with Gasteiger partial charge in [-0.05, 0) is 39.2 Å². The maximum atomic E-state index is 12.2. The average Bonchev–Trinajstić information content (AvgIpc) is 2.56. The van der Waals surface area contributed by atoms with Crippen molar-refractivity contribution in [3.63, 3.8) is 0 Å². The molecule has 0 radical (unpaired) electrons. The molecule has 2 heterocycles. The van der Waals surface area contributed by atoms with Crippen LogP contribution in [0.5, 0.6) is 11.5 Å². The quantitative estimate of drug-likeness (QED) is 0.802. The predicted octanol–water partition coefficient (Wildman–Crippen LogP) is 4.37. The summed E-state index contributed by atoms with van der Waals surface area (Å²) in [4.78, 5) is 12.2. The van der Waals surface area contributed by atoms with E-state index in [0.717, 1.165) is 30.2 Å². The van der Waals surface area contributed by atoms with Crippen LogP contribution < -0.4 is 15.1 Å². The third kappa shape index (κ3) is 3.32. The van der Waals surface area contributed by atoms with Crippen LogP contribution in [0.1, 0.15) is 64.7 Å². The highest BCUT2D eigenvalue weighted by molar-refractivity contribution is 5.91. The predicted molar refractivity (Wildman–Crippen MR) is 101 cm³/mol. The second kappa shape index (κ2) is 7.31. The Labute approximate surface area is 153 Å². The summed E-state index contributed by atoms with van der Waals surface area (Å²) in [5, 5.41) is 11.6. The van der Waals surface area contributed by atoms with Crippen molar-refractivity contribution in [2.24, 2.45) is 5.92 Å². The molecule has 1 N–H and O–H groups in total. The van der Waals surface area contributed by atoms with E-state index in [0.29, 0.717) is 22.6 Å². The lowest BCUT2D eigenvalue weighted by Crippen LogP contribution is -2.32. The minimum Gasteiger partial charge on any atom is -0.490 e. The molecule has 0 saturated carbocycles. The van der Waals surface area contributed by atoms with Gasteiger partial charge in [-0.25, -0.2) is 4.79 Å². The van der Waals surface area contributed by atoms with Gasteiger partial charge in [0.15, 0.2) is 5.58 Å². The van der Waals surface area contributed by atoms with Gasteiger partial charge in [0.25, 0.3) is 0 Å². The highest BCUT2D eigenvalue weighted by atomic mass is 16.5. The molecule has 1 aliphatic heterocycles. The smallest absolute Gasteiger partial charge is 0.336 e. The molecule has 0 amide bonds. The number of aliphatic hydroxyl groups is 1. The first-order valence-corrected chi connectivity index (χ1v) is 9.48. The first-order chi connectivity index (χ1) is 12.3. The van der Waals surface area contributed by atoms with E-state index in [4.69, 9.17) is 13.9 Å². The highest BCUT2D eigenvalue weighted by Crippen LogP contribution is 2.46. The van der Waals surface area contributed by atoms with Gasteiger partial charge in [0.2, 0.25) is 0 Å². The maximum Gasteiger partial charge on any atom is 0.336 e. The molecule has 1 aliphatic rings. The number of benzene rings is 1. The molecule has 3 unspecified atom stereocenters. The van der Waals surface area contributed by atoms with Crippen molar-refractivity contribution in [3.8, 4) is 11.5 Å². The molecule has 0 fully saturated rings. The Hall–Kier alpha value is -2.01. The van der Waals surface area contributed by atoms with Crippen LogP contribution in [-0.4, -0.2) is 17.3 Å². The number of ether oxygens (including phenoxy) is 2. The van der Waals surface area contributed by atoms with E-state index in [9.17, 15) is 9.90 Å². The number of unbranched alkanes of at least 4 members (excludes halogenated alkanes) is 1. The van der Waals surface area contributed by atoms with E-state index >= 15 is 0 Å². The fourth-order valence-electron chi connectivity index (χ4n) is 3.50. The van der Waals surface area contributed by atoms with Crippen molar-refractivity contribution in [3.05, 3.63) is 33.7 Å². The van der Waals surface area contributed by atoms with Crippen molar-refractivity contribution in [2.45, 2.75) is 72.2 Å². The van der Waals surface area contributed by atoms with E-state index in [1.165, 1.54) is 0 Å². The van der Waals surface area contributed by atoms with Gasteiger partial charge in [-0.3, -0.25) is 0 Å². The minimum absolute atomic E-state index is 0.0351. The number of hydrogen-bond donors (Lipinski definition) is 1. The van der Waals surface area contributed by atoms with Crippen LogP contribution in [0, 0.1) is 5.92 Å². The molecule has 1 aromatic carbocycles. The Balaban J connectivity index is 2.33. The molecule has 0 aliphatic carbocycles. The average molecular weight is 360 g/mol. The third-order valence-electron chi connectivity index (χ3n) is 5.07. The van der Waals surface area contributed by atoms with Crippen molar-refractivity contribution in [2.75, 3.05) is 0 Å². The fourth-order valence-corrected chi connectivity index (χ4v) is 3.50. The van der Waals surface area contributed by atoms with Crippen molar-refractivity contribution in [1.29, 1.82) is 0 Å². The number of fused-ring (bicyclic) bond motifs is 3. The number of aryl methyl sites for hydroxylation is 1. The van der Waals surface area contributed by atoms with Gasteiger partial charge in [-0.1, -0.05) is 20.3 Å². The summed E-state index contributed by atoms with van der Waals surface area (Å²) < 4.78 is 17.6. The van der Waals surface area contributed by atoms with Crippen molar-refractivity contribution in [1.82, 2.24) is 0 Å². The Morgan fingerprint density at radius 1 is 1.27 bits per heavy atom. The summed E-state index contributed by atoms with van der Waals surface area (Å²) in [6.07, 6.45) is 1.81. The molecule has 5 nitrogen and oxygen atoms in total. The van der Waals surface area contributed by atoms with E-state index in [1.807, 2.05) is 33.8 Å². The molecule has 0 spiro atoms. The first kappa shape index (κ1) is 18.8. The van der Waals surface area contributed by atoms with Crippen LogP contribution in [0.25, 0.3) is 11.0 Å². The highest BCUT2D eigenvalue weighted by Gasteiger charge is 2.36. The van der Waals surface area contributed by atoms with Gasteiger partial charge in [0.05, 0.1) is 23.2 Å². The zero-order chi connectivity index (χ0) is 19.0. The van der Waals surface area contributed by atoms with Crippen molar-refractivity contribution >= 4 is 11.0 Å². The standard InChI is InChI=1S/C21H28O5/c1-6-7-8-14-9-17(22)26-21-18(14)15(24-11(2)3)10-16-19(21)20(23)12(4)13(5)25-16/h9-13,20,23H,6-8H2,1-5H3. The Morgan fingerprint density at radius 2 is 2.00 bits per heavy atom. The minimum atomic E-state index is -0.756. The number of aliphatic hydroxyl groups excluding tert-OH is 1. The zero-order valence-electron chi connectivity index (χ0n) is 16.2. The fraction of sp³-hybridized carbons (Fsp3) is 0.571. The van der Waals surface area contributed by atoms with Crippen molar-refractivity contribution < 1.29 is 19.0 Å². The van der Waals surface area contributed by atoms with Gasteiger partial charge in [-0.15, -0.1) is 0 Å². The van der Waals surface area contributed by atoms with Crippen LogP contribution in [0.3, 0.4) is 0 Å². The van der Waals surface area contributed by atoms with Gasteiger partial charge in [0.1, 0.15) is 17.6 Å². The molecule has 1 aromatic heterocycles. The lowest BCUT2D eigenvalue weighted by molar-refractivity contribution is 0.0177. The van der Waals surface area contributed by atoms with Crippen LogP contribution in [0.15, 0.2) is 21.3 Å². The second-order valence-electron chi connectivity index (χ2n) is 7.48. The third-order valence-corrected chi connectivity index (χ3v) is 5.07. The summed E-state index contributed by atoms with van der Waals surface area (Å²) in [6, 6.07) is 3.37. The maximum absolute atomic E-state index is 12.2. The molecule has 3 rings (SSSR count). The molecular formula is C21H28O5. The molecule has 142 valence electrons. The van der Waals surface area contributed by atoms with Gasteiger partial charge in [-0.2, -0.15) is 0 Å². The molecule has 2 aromatic rings. The summed E-state index contributed by atoms with van der Waals surface area (Å²) in [6.45, 7) is 9.88. The normalized spacial score (nSPS) is 22.3. The molecule has 26 heavy (non-hydrogen) atoms.